The van der Waals surface area contributed by atoms with Gasteiger partial charge in [0.25, 0.3) is 0 Å². The van der Waals surface area contributed by atoms with E-state index < -0.39 is 0 Å². The molecule has 0 aromatic carbocycles. The summed E-state index contributed by atoms with van der Waals surface area (Å²) in [5.74, 6) is 0.996. The molecule has 0 spiro atoms. The van der Waals surface area contributed by atoms with Crippen LogP contribution in [-0.4, -0.2) is 28.2 Å². The average molecular weight is 216 g/mol. The van der Waals surface area contributed by atoms with E-state index in [0.717, 1.165) is 18.0 Å². The summed E-state index contributed by atoms with van der Waals surface area (Å²) in [6.45, 7) is 3.05. The van der Waals surface area contributed by atoms with Gasteiger partial charge in [-0.05, 0) is 38.4 Å². The quantitative estimate of drug-likeness (QED) is 0.840. The van der Waals surface area contributed by atoms with Gasteiger partial charge in [-0.25, -0.2) is 9.50 Å². The van der Waals surface area contributed by atoms with Gasteiger partial charge in [0.05, 0.1) is 0 Å². The second-order valence-corrected chi connectivity index (χ2v) is 4.71. The van der Waals surface area contributed by atoms with Crippen molar-refractivity contribution in [3.8, 4) is 0 Å². The molecule has 2 heterocycles. The fourth-order valence-electron chi connectivity index (χ4n) is 2.23. The number of nitrogens with zero attached hydrogens (tertiary/aromatic N) is 3. The van der Waals surface area contributed by atoms with Crippen molar-refractivity contribution in [1.82, 2.24) is 19.9 Å². The summed E-state index contributed by atoms with van der Waals surface area (Å²) in [4.78, 5) is 4.68. The van der Waals surface area contributed by atoms with Crippen LogP contribution in [0.1, 0.15) is 24.2 Å². The first-order chi connectivity index (χ1) is 7.75. The molecule has 16 heavy (non-hydrogen) atoms. The number of likely N-dealkylation sites (N-methyl/N-ethyl adjacent to an activating group) is 1. The smallest absolute Gasteiger partial charge is 0.159 e. The van der Waals surface area contributed by atoms with Gasteiger partial charge in [-0.3, -0.25) is 0 Å². The number of pyridine rings is 1. The summed E-state index contributed by atoms with van der Waals surface area (Å²) in [5.41, 5.74) is 2.37. The van der Waals surface area contributed by atoms with Crippen molar-refractivity contribution in [2.75, 3.05) is 13.6 Å². The number of fused-ring (bicyclic) bond motifs is 1. The third-order valence-corrected chi connectivity index (χ3v) is 3.40. The van der Waals surface area contributed by atoms with Gasteiger partial charge in [0.15, 0.2) is 11.5 Å². The molecular formula is C12H16N4. The van der Waals surface area contributed by atoms with Crippen molar-refractivity contribution in [3.05, 3.63) is 29.7 Å². The second kappa shape index (κ2) is 3.28. The highest BCUT2D eigenvalue weighted by Gasteiger charge is 2.47. The van der Waals surface area contributed by atoms with Gasteiger partial charge < -0.3 is 5.32 Å². The number of hydrogen-bond acceptors (Lipinski definition) is 3. The highest BCUT2D eigenvalue weighted by Crippen LogP contribution is 2.46. The normalized spacial score (nSPS) is 17.9. The molecule has 1 fully saturated rings. The summed E-state index contributed by atoms with van der Waals surface area (Å²) in [6.07, 6.45) is 4.36. The molecule has 0 saturated heterocycles. The zero-order valence-corrected chi connectivity index (χ0v) is 9.70. The minimum Gasteiger partial charge on any atom is -0.319 e. The van der Waals surface area contributed by atoms with Crippen molar-refractivity contribution >= 4 is 5.65 Å². The zero-order chi connectivity index (χ0) is 11.2. The SMILES string of the molecule is CNCC1(c2nc3c(C)cccn3n2)CC1. The Labute approximate surface area is 94.7 Å². The monoisotopic (exact) mass is 216 g/mol. The fourth-order valence-corrected chi connectivity index (χ4v) is 2.23. The lowest BCUT2D eigenvalue weighted by atomic mass is 10.1. The summed E-state index contributed by atoms with van der Waals surface area (Å²) >= 11 is 0. The van der Waals surface area contributed by atoms with Gasteiger partial charge in [0.1, 0.15) is 0 Å². The molecule has 0 unspecified atom stereocenters. The Balaban J connectivity index is 2.09. The highest BCUT2D eigenvalue weighted by atomic mass is 15.3. The van der Waals surface area contributed by atoms with Gasteiger partial charge in [-0.15, -0.1) is 0 Å². The Hall–Kier alpha value is -1.42. The first-order valence-electron chi connectivity index (χ1n) is 5.72. The maximum Gasteiger partial charge on any atom is 0.159 e. The van der Waals surface area contributed by atoms with E-state index >= 15 is 0 Å². The van der Waals surface area contributed by atoms with E-state index in [1.54, 1.807) is 0 Å². The maximum atomic E-state index is 4.68. The van der Waals surface area contributed by atoms with Crippen molar-refractivity contribution in [1.29, 1.82) is 0 Å². The van der Waals surface area contributed by atoms with E-state index in [1.807, 2.05) is 23.8 Å². The van der Waals surface area contributed by atoms with Gasteiger partial charge in [-0.1, -0.05) is 6.07 Å². The first-order valence-corrected chi connectivity index (χ1v) is 5.72. The van der Waals surface area contributed by atoms with E-state index in [0.29, 0.717) is 0 Å². The number of rotatable bonds is 3. The van der Waals surface area contributed by atoms with E-state index in [-0.39, 0.29) is 5.41 Å². The number of hydrogen-bond donors (Lipinski definition) is 1. The van der Waals surface area contributed by atoms with Crippen molar-refractivity contribution < 1.29 is 0 Å². The minimum atomic E-state index is 0.202. The van der Waals surface area contributed by atoms with E-state index in [2.05, 4.69) is 28.4 Å². The molecule has 0 atom stereocenters. The summed E-state index contributed by atoms with van der Waals surface area (Å²) in [6, 6.07) is 4.09. The van der Waals surface area contributed by atoms with Crippen LogP contribution in [0.25, 0.3) is 5.65 Å². The third kappa shape index (κ3) is 1.33. The number of nitrogens with one attached hydrogen (secondary N) is 1. The van der Waals surface area contributed by atoms with Crippen LogP contribution in [0.5, 0.6) is 0 Å². The van der Waals surface area contributed by atoms with Crippen LogP contribution in [0, 0.1) is 6.92 Å². The highest BCUT2D eigenvalue weighted by molar-refractivity contribution is 5.46. The molecule has 2 aromatic heterocycles. The van der Waals surface area contributed by atoms with Gasteiger partial charge in [0.2, 0.25) is 0 Å². The molecule has 84 valence electrons. The lowest BCUT2D eigenvalue weighted by molar-refractivity contribution is 0.587. The molecule has 1 N–H and O–H groups in total. The minimum absolute atomic E-state index is 0.202. The first kappa shape index (κ1) is 9.78. The zero-order valence-electron chi connectivity index (χ0n) is 9.70. The van der Waals surface area contributed by atoms with Crippen LogP contribution in [0.2, 0.25) is 0 Å². The molecule has 2 aromatic rings. The van der Waals surface area contributed by atoms with Crippen LogP contribution in [0.4, 0.5) is 0 Å². The number of aryl methyl sites for hydroxylation is 1. The summed E-state index contributed by atoms with van der Waals surface area (Å²) in [7, 11) is 1.99. The lowest BCUT2D eigenvalue weighted by Gasteiger charge is -2.08. The predicted molar refractivity (Wildman–Crippen MR) is 62.6 cm³/mol. The summed E-state index contributed by atoms with van der Waals surface area (Å²) < 4.78 is 1.89. The lowest BCUT2D eigenvalue weighted by Crippen LogP contribution is -2.24. The van der Waals surface area contributed by atoms with Crippen LogP contribution >= 0.6 is 0 Å². The molecule has 0 amide bonds. The molecule has 1 aliphatic carbocycles. The van der Waals surface area contributed by atoms with E-state index in [4.69, 9.17) is 0 Å². The van der Waals surface area contributed by atoms with E-state index in [1.165, 1.54) is 18.4 Å². The second-order valence-electron chi connectivity index (χ2n) is 4.71. The average Bonchev–Trinajstić information content (AvgIpc) is 2.91. The van der Waals surface area contributed by atoms with Gasteiger partial charge in [-0.2, -0.15) is 5.10 Å². The fraction of sp³-hybridized carbons (Fsp3) is 0.500. The van der Waals surface area contributed by atoms with E-state index in [9.17, 15) is 0 Å². The van der Waals surface area contributed by atoms with Crippen molar-refractivity contribution in [2.45, 2.75) is 25.2 Å². The van der Waals surface area contributed by atoms with Gasteiger partial charge >= 0.3 is 0 Å². The van der Waals surface area contributed by atoms with Crippen molar-refractivity contribution in [2.24, 2.45) is 0 Å². The largest absolute Gasteiger partial charge is 0.319 e. The molecule has 0 radical (unpaired) electrons. The summed E-state index contributed by atoms with van der Waals surface area (Å²) in [5, 5.41) is 7.83. The van der Waals surface area contributed by atoms with Gasteiger partial charge in [0, 0.05) is 18.2 Å². The Bertz CT molecular complexity index is 525. The van der Waals surface area contributed by atoms with Crippen LogP contribution < -0.4 is 5.32 Å². The predicted octanol–water partition coefficient (Wildman–Crippen LogP) is 1.29. The van der Waals surface area contributed by atoms with Crippen LogP contribution in [0.15, 0.2) is 18.3 Å². The Morgan fingerprint density at radius 2 is 2.31 bits per heavy atom. The molecule has 0 bridgehead atoms. The standard InChI is InChI=1S/C12H16N4/c1-9-4-3-7-16-10(9)14-11(15-16)12(5-6-12)8-13-2/h3-4,7,13H,5-6,8H2,1-2H3. The maximum absolute atomic E-state index is 4.68. The Morgan fingerprint density at radius 1 is 1.50 bits per heavy atom. The number of aromatic nitrogens is 3. The Morgan fingerprint density at radius 3 is 2.94 bits per heavy atom. The molecule has 1 aliphatic rings. The van der Waals surface area contributed by atoms with Crippen LogP contribution in [0.3, 0.4) is 0 Å². The molecule has 1 saturated carbocycles. The van der Waals surface area contributed by atoms with Crippen LogP contribution in [-0.2, 0) is 5.41 Å². The molecule has 0 aliphatic heterocycles. The molecular weight excluding hydrogens is 200 g/mol. The Kier molecular flexibility index (Phi) is 2.01. The molecule has 4 heteroatoms. The molecule has 3 rings (SSSR count). The third-order valence-electron chi connectivity index (χ3n) is 3.40. The molecule has 4 nitrogen and oxygen atoms in total. The van der Waals surface area contributed by atoms with Crippen molar-refractivity contribution in [3.63, 3.8) is 0 Å². The topological polar surface area (TPSA) is 42.2 Å².